The molecule has 0 saturated carbocycles. The number of hydrogen-bond donors (Lipinski definition) is 2. The Balaban J connectivity index is 0.000000269. The molecule has 1 aromatic heterocycles. The molecule has 0 atom stereocenters. The van der Waals surface area contributed by atoms with Crippen molar-refractivity contribution in [2.75, 3.05) is 13.1 Å². The van der Waals surface area contributed by atoms with Gasteiger partial charge in [0.1, 0.15) is 17.1 Å². The molecule has 2 aliphatic heterocycles. The summed E-state index contributed by atoms with van der Waals surface area (Å²) in [5, 5.41) is 12.6. The summed E-state index contributed by atoms with van der Waals surface area (Å²) in [6.45, 7) is 3.47. The molecule has 160 valence electrons. The maximum Gasteiger partial charge on any atom is 0.353 e. The first kappa shape index (κ1) is 22.0. The van der Waals surface area contributed by atoms with Crippen LogP contribution in [-0.2, 0) is 16.2 Å². The number of halogens is 1. The summed E-state index contributed by atoms with van der Waals surface area (Å²) in [6.07, 6.45) is 1.49. The quantitative estimate of drug-likeness (QED) is 0.699. The second-order valence-electron chi connectivity index (χ2n) is 7.31. The fraction of sp³-hybridized carbons (Fsp3) is 0.381. The van der Waals surface area contributed by atoms with Crippen LogP contribution in [0.25, 0.3) is 0 Å². The Morgan fingerprint density at radius 2 is 1.87 bits per heavy atom. The SMILES string of the molecule is Cc1ccc(CN)o1.O=C(O)C1=NOC2(CCN(C(=O)c3ccc(Br)cc3)CC2)C1. The first-order valence-corrected chi connectivity index (χ1v) is 10.4. The van der Waals surface area contributed by atoms with Gasteiger partial charge in [0.25, 0.3) is 5.91 Å². The van der Waals surface area contributed by atoms with Crippen LogP contribution < -0.4 is 5.73 Å². The smallest absolute Gasteiger partial charge is 0.353 e. The number of amides is 1. The van der Waals surface area contributed by atoms with E-state index in [2.05, 4.69) is 21.1 Å². The van der Waals surface area contributed by atoms with E-state index >= 15 is 0 Å². The van der Waals surface area contributed by atoms with Gasteiger partial charge in [-0.2, -0.15) is 0 Å². The van der Waals surface area contributed by atoms with Crippen LogP contribution in [-0.4, -0.2) is 46.3 Å². The Hall–Kier alpha value is -2.65. The van der Waals surface area contributed by atoms with Crippen molar-refractivity contribution in [1.82, 2.24) is 4.90 Å². The number of piperidine rings is 1. The van der Waals surface area contributed by atoms with E-state index < -0.39 is 11.6 Å². The Morgan fingerprint density at radius 1 is 1.20 bits per heavy atom. The minimum atomic E-state index is -1.04. The van der Waals surface area contributed by atoms with Crippen LogP contribution in [0.1, 0.15) is 41.1 Å². The number of carboxylic acid groups (broad SMARTS) is 1. The van der Waals surface area contributed by atoms with Gasteiger partial charge in [-0.1, -0.05) is 21.1 Å². The van der Waals surface area contributed by atoms with Crippen molar-refractivity contribution in [3.05, 3.63) is 58.0 Å². The number of nitrogens with zero attached hydrogens (tertiary/aromatic N) is 2. The highest BCUT2D eigenvalue weighted by Gasteiger charge is 2.44. The molecule has 3 heterocycles. The zero-order chi connectivity index (χ0) is 21.7. The zero-order valence-corrected chi connectivity index (χ0v) is 18.2. The van der Waals surface area contributed by atoms with Crippen LogP contribution in [0.15, 0.2) is 50.4 Å². The predicted molar refractivity (Wildman–Crippen MR) is 114 cm³/mol. The van der Waals surface area contributed by atoms with Crippen LogP contribution in [0.4, 0.5) is 0 Å². The van der Waals surface area contributed by atoms with Crippen molar-refractivity contribution in [3.8, 4) is 0 Å². The average Bonchev–Trinajstić information content (AvgIpc) is 3.36. The van der Waals surface area contributed by atoms with E-state index in [1.807, 2.05) is 31.2 Å². The molecule has 0 bridgehead atoms. The minimum absolute atomic E-state index is 0.0141. The molecule has 4 rings (SSSR count). The molecule has 1 saturated heterocycles. The zero-order valence-electron chi connectivity index (χ0n) is 16.6. The van der Waals surface area contributed by atoms with Crippen LogP contribution in [0.5, 0.6) is 0 Å². The summed E-state index contributed by atoms with van der Waals surface area (Å²) in [7, 11) is 0. The average molecular weight is 478 g/mol. The molecule has 2 aromatic rings. The van der Waals surface area contributed by atoms with E-state index in [1.54, 1.807) is 17.0 Å². The van der Waals surface area contributed by atoms with Crippen LogP contribution in [0.3, 0.4) is 0 Å². The largest absolute Gasteiger partial charge is 0.477 e. The number of carbonyl (C=O) groups excluding carboxylic acids is 1. The van der Waals surface area contributed by atoms with Crippen molar-refractivity contribution >= 4 is 33.5 Å². The topological polar surface area (TPSA) is 118 Å². The highest BCUT2D eigenvalue weighted by Crippen LogP contribution is 2.35. The lowest BCUT2D eigenvalue weighted by atomic mass is 9.86. The second-order valence-corrected chi connectivity index (χ2v) is 8.23. The number of carboxylic acids is 1. The molecule has 0 aliphatic carbocycles. The summed E-state index contributed by atoms with van der Waals surface area (Å²) in [5.74, 6) is 0.720. The van der Waals surface area contributed by atoms with E-state index in [0.29, 0.717) is 44.5 Å². The van der Waals surface area contributed by atoms with Gasteiger partial charge in [0.2, 0.25) is 0 Å². The first-order chi connectivity index (χ1) is 14.3. The summed E-state index contributed by atoms with van der Waals surface area (Å²) >= 11 is 3.35. The Kier molecular flexibility index (Phi) is 6.94. The molecule has 1 amide bonds. The molecule has 3 N–H and O–H groups in total. The van der Waals surface area contributed by atoms with E-state index in [1.165, 1.54) is 0 Å². The standard InChI is InChI=1S/C15H15BrN2O4.C6H9NO/c16-11-3-1-10(2-4-11)13(19)18-7-5-15(6-8-18)9-12(14(20)21)17-22-15;1-5-2-3-6(4-7)8-5/h1-4H,5-9H2,(H,20,21);2-3H,4,7H2,1H3. The molecule has 0 radical (unpaired) electrons. The van der Waals surface area contributed by atoms with E-state index in [0.717, 1.165) is 16.0 Å². The molecule has 1 fully saturated rings. The molecular formula is C21H24BrN3O5. The second kappa shape index (κ2) is 9.44. The number of carbonyl (C=O) groups is 2. The minimum Gasteiger partial charge on any atom is -0.477 e. The van der Waals surface area contributed by atoms with E-state index in [9.17, 15) is 9.59 Å². The van der Waals surface area contributed by atoms with E-state index in [-0.39, 0.29) is 11.6 Å². The van der Waals surface area contributed by atoms with Gasteiger partial charge in [-0.3, -0.25) is 4.79 Å². The number of benzene rings is 1. The lowest BCUT2D eigenvalue weighted by molar-refractivity contribution is -0.129. The molecule has 0 unspecified atom stereocenters. The van der Waals surface area contributed by atoms with Gasteiger partial charge in [0.15, 0.2) is 5.71 Å². The lowest BCUT2D eigenvalue weighted by Gasteiger charge is -2.37. The van der Waals surface area contributed by atoms with Crippen molar-refractivity contribution in [3.63, 3.8) is 0 Å². The normalized spacial score (nSPS) is 17.0. The van der Waals surface area contributed by atoms with Crippen LogP contribution >= 0.6 is 15.9 Å². The number of likely N-dealkylation sites (tertiary alicyclic amines) is 1. The van der Waals surface area contributed by atoms with Gasteiger partial charge in [-0.15, -0.1) is 0 Å². The van der Waals surface area contributed by atoms with Gasteiger partial charge in [-0.05, 0) is 43.3 Å². The number of furan rings is 1. The van der Waals surface area contributed by atoms with Crippen molar-refractivity contribution < 1.29 is 24.0 Å². The highest BCUT2D eigenvalue weighted by atomic mass is 79.9. The molecule has 8 nitrogen and oxygen atoms in total. The molecule has 1 spiro atoms. The lowest BCUT2D eigenvalue weighted by Crippen LogP contribution is -2.47. The maximum absolute atomic E-state index is 12.4. The third-order valence-electron chi connectivity index (χ3n) is 5.14. The third-order valence-corrected chi connectivity index (χ3v) is 5.66. The molecule has 1 aromatic carbocycles. The number of nitrogens with two attached hydrogens (primary N) is 1. The number of aryl methyl sites for hydroxylation is 1. The van der Waals surface area contributed by atoms with Gasteiger partial charge < -0.3 is 25.0 Å². The highest BCUT2D eigenvalue weighted by molar-refractivity contribution is 9.10. The number of hydrogen-bond acceptors (Lipinski definition) is 6. The molecular weight excluding hydrogens is 454 g/mol. The number of oxime groups is 1. The van der Waals surface area contributed by atoms with Crippen LogP contribution in [0.2, 0.25) is 0 Å². The van der Waals surface area contributed by atoms with Gasteiger partial charge >= 0.3 is 5.97 Å². The first-order valence-electron chi connectivity index (χ1n) is 9.60. The van der Waals surface area contributed by atoms with Crippen LogP contribution in [0, 0.1) is 6.92 Å². The van der Waals surface area contributed by atoms with Crippen molar-refractivity contribution in [1.29, 1.82) is 0 Å². The fourth-order valence-corrected chi connectivity index (χ4v) is 3.66. The fourth-order valence-electron chi connectivity index (χ4n) is 3.39. The van der Waals surface area contributed by atoms with E-state index in [4.69, 9.17) is 20.1 Å². The summed E-state index contributed by atoms with van der Waals surface area (Å²) < 4.78 is 6.04. The number of aliphatic carboxylic acids is 1. The third kappa shape index (κ3) is 5.28. The molecule has 30 heavy (non-hydrogen) atoms. The van der Waals surface area contributed by atoms with Gasteiger partial charge in [-0.25, -0.2) is 4.79 Å². The predicted octanol–water partition coefficient (Wildman–Crippen LogP) is 3.33. The maximum atomic E-state index is 12.4. The Labute approximate surface area is 182 Å². The molecule has 9 heteroatoms. The Bertz CT molecular complexity index is 930. The monoisotopic (exact) mass is 477 g/mol. The van der Waals surface area contributed by atoms with Gasteiger partial charge in [0, 0.05) is 42.4 Å². The Morgan fingerprint density at radius 3 is 2.33 bits per heavy atom. The van der Waals surface area contributed by atoms with Crippen molar-refractivity contribution in [2.45, 2.75) is 38.3 Å². The van der Waals surface area contributed by atoms with Crippen molar-refractivity contribution in [2.24, 2.45) is 10.9 Å². The number of rotatable bonds is 3. The van der Waals surface area contributed by atoms with Gasteiger partial charge in [0.05, 0.1) is 6.54 Å². The summed E-state index contributed by atoms with van der Waals surface area (Å²) in [5.41, 5.74) is 5.43. The summed E-state index contributed by atoms with van der Waals surface area (Å²) in [4.78, 5) is 30.5. The summed E-state index contributed by atoms with van der Waals surface area (Å²) in [6, 6.07) is 11.0. The molecule has 2 aliphatic rings.